The first kappa shape index (κ1) is 12.7. The summed E-state index contributed by atoms with van der Waals surface area (Å²) in [6.07, 6.45) is 8.06. The lowest BCUT2D eigenvalue weighted by molar-refractivity contribution is 1.32. The zero-order valence-electron chi connectivity index (χ0n) is 9.72. The number of allylic oxidation sites excluding steroid dienone is 8. The molecule has 0 aromatic heterocycles. The Balaban J connectivity index is 5.07. The molecule has 0 saturated heterocycles. The molecule has 0 unspecified atom stereocenters. The standard InChI is InChI=1S/C14H20/c1-7-9-14(12(5)8-2)10-13(6)11(3)4/h7-10H,1,3H2,2,4-6H3/b12-8-,13-10+,14-9-. The normalized spacial score (nSPS) is 14.1. The number of hydrogen-bond donors (Lipinski definition) is 0. The first-order chi connectivity index (χ1) is 6.52. The van der Waals surface area contributed by atoms with Crippen molar-refractivity contribution in [2.75, 3.05) is 0 Å². The van der Waals surface area contributed by atoms with Gasteiger partial charge in [-0.2, -0.15) is 0 Å². The maximum atomic E-state index is 3.91. The molecule has 0 spiro atoms. The third-order valence-electron chi connectivity index (χ3n) is 2.23. The molecule has 0 nitrogen and oxygen atoms in total. The van der Waals surface area contributed by atoms with E-state index < -0.39 is 0 Å². The molecule has 0 N–H and O–H groups in total. The Morgan fingerprint density at radius 1 is 1.07 bits per heavy atom. The molecular weight excluding hydrogens is 168 g/mol. The van der Waals surface area contributed by atoms with Gasteiger partial charge in [0.05, 0.1) is 0 Å². The summed E-state index contributed by atoms with van der Waals surface area (Å²) in [4.78, 5) is 0. The molecule has 0 aromatic carbocycles. The molecule has 0 amide bonds. The van der Waals surface area contributed by atoms with Crippen molar-refractivity contribution in [2.45, 2.75) is 27.7 Å². The van der Waals surface area contributed by atoms with Crippen molar-refractivity contribution in [3.05, 3.63) is 59.8 Å². The van der Waals surface area contributed by atoms with E-state index in [2.05, 4.69) is 39.2 Å². The largest absolute Gasteiger partial charge is 0.0990 e. The van der Waals surface area contributed by atoms with Crippen LogP contribution < -0.4 is 0 Å². The van der Waals surface area contributed by atoms with E-state index in [0.717, 1.165) is 5.57 Å². The highest BCUT2D eigenvalue weighted by molar-refractivity contribution is 5.44. The fourth-order valence-electron chi connectivity index (χ4n) is 0.943. The van der Waals surface area contributed by atoms with Crippen molar-refractivity contribution in [3.8, 4) is 0 Å². The lowest BCUT2D eigenvalue weighted by atomic mass is 10.0. The fraction of sp³-hybridized carbons (Fsp3) is 0.286. The van der Waals surface area contributed by atoms with Gasteiger partial charge in [0.1, 0.15) is 0 Å². The van der Waals surface area contributed by atoms with E-state index in [9.17, 15) is 0 Å². The third-order valence-corrected chi connectivity index (χ3v) is 2.23. The summed E-state index contributed by atoms with van der Waals surface area (Å²) >= 11 is 0. The van der Waals surface area contributed by atoms with Gasteiger partial charge < -0.3 is 0 Å². The van der Waals surface area contributed by atoms with Crippen LogP contribution in [0.4, 0.5) is 0 Å². The van der Waals surface area contributed by atoms with Gasteiger partial charge in [-0.1, -0.05) is 43.0 Å². The van der Waals surface area contributed by atoms with Gasteiger partial charge in [-0.05, 0) is 44.4 Å². The first-order valence-electron chi connectivity index (χ1n) is 4.83. The predicted molar refractivity (Wildman–Crippen MR) is 66.3 cm³/mol. The Morgan fingerprint density at radius 2 is 1.64 bits per heavy atom. The Labute approximate surface area is 88.0 Å². The summed E-state index contributed by atoms with van der Waals surface area (Å²) in [6, 6.07) is 0. The van der Waals surface area contributed by atoms with Gasteiger partial charge in [-0.15, -0.1) is 0 Å². The van der Waals surface area contributed by atoms with Gasteiger partial charge in [-0.3, -0.25) is 0 Å². The van der Waals surface area contributed by atoms with Crippen LogP contribution in [0.15, 0.2) is 59.8 Å². The van der Waals surface area contributed by atoms with Crippen LogP contribution in [0.1, 0.15) is 27.7 Å². The molecule has 0 aromatic rings. The second kappa shape index (κ2) is 6.20. The molecule has 0 heterocycles. The van der Waals surface area contributed by atoms with E-state index in [-0.39, 0.29) is 0 Å². The van der Waals surface area contributed by atoms with Crippen LogP contribution in [0.5, 0.6) is 0 Å². The lowest BCUT2D eigenvalue weighted by Gasteiger charge is -2.04. The zero-order chi connectivity index (χ0) is 11.1. The summed E-state index contributed by atoms with van der Waals surface area (Å²) in [7, 11) is 0. The molecule has 0 bridgehead atoms. The van der Waals surface area contributed by atoms with Crippen LogP contribution >= 0.6 is 0 Å². The molecule has 0 heteroatoms. The molecule has 0 atom stereocenters. The highest BCUT2D eigenvalue weighted by Gasteiger charge is 1.96. The first-order valence-corrected chi connectivity index (χ1v) is 4.83. The average Bonchev–Trinajstić information content (AvgIpc) is 2.15. The summed E-state index contributed by atoms with van der Waals surface area (Å²) in [6.45, 7) is 15.8. The Hall–Kier alpha value is -1.30. The average molecular weight is 188 g/mol. The van der Waals surface area contributed by atoms with Crippen molar-refractivity contribution in [2.24, 2.45) is 0 Å². The van der Waals surface area contributed by atoms with E-state index in [0.29, 0.717) is 0 Å². The van der Waals surface area contributed by atoms with Gasteiger partial charge in [0.25, 0.3) is 0 Å². The van der Waals surface area contributed by atoms with Gasteiger partial charge in [0, 0.05) is 0 Å². The van der Waals surface area contributed by atoms with Gasteiger partial charge in [0.2, 0.25) is 0 Å². The molecule has 0 rings (SSSR count). The molecule has 0 radical (unpaired) electrons. The molecule has 0 fully saturated rings. The van der Waals surface area contributed by atoms with Crippen LogP contribution in [0.2, 0.25) is 0 Å². The highest BCUT2D eigenvalue weighted by Crippen LogP contribution is 2.16. The molecular formula is C14H20. The monoisotopic (exact) mass is 188 g/mol. The van der Waals surface area contributed by atoms with Gasteiger partial charge in [-0.25, -0.2) is 0 Å². The SMILES string of the molecule is C=C/C=C(/C=C(\C)C(=C)C)C(\C)=C/C. The quantitative estimate of drug-likeness (QED) is 0.566. The number of hydrogen-bond acceptors (Lipinski definition) is 0. The minimum Gasteiger partial charge on any atom is -0.0990 e. The summed E-state index contributed by atoms with van der Waals surface area (Å²) in [5.74, 6) is 0. The zero-order valence-corrected chi connectivity index (χ0v) is 9.72. The lowest BCUT2D eigenvalue weighted by Crippen LogP contribution is -1.84. The Kier molecular flexibility index (Phi) is 5.62. The second-order valence-corrected chi connectivity index (χ2v) is 3.44. The van der Waals surface area contributed by atoms with E-state index in [1.54, 1.807) is 0 Å². The van der Waals surface area contributed by atoms with Crippen molar-refractivity contribution >= 4 is 0 Å². The topological polar surface area (TPSA) is 0 Å². The van der Waals surface area contributed by atoms with Crippen molar-refractivity contribution in [1.82, 2.24) is 0 Å². The smallest absolute Gasteiger partial charge is 0.0228 e. The van der Waals surface area contributed by atoms with E-state index in [4.69, 9.17) is 0 Å². The molecule has 14 heavy (non-hydrogen) atoms. The molecule has 0 saturated carbocycles. The fourth-order valence-corrected chi connectivity index (χ4v) is 0.943. The van der Waals surface area contributed by atoms with Crippen molar-refractivity contribution < 1.29 is 0 Å². The van der Waals surface area contributed by atoms with Crippen molar-refractivity contribution in [1.29, 1.82) is 0 Å². The van der Waals surface area contributed by atoms with Crippen LogP contribution in [0.25, 0.3) is 0 Å². The van der Waals surface area contributed by atoms with E-state index in [1.165, 1.54) is 16.7 Å². The predicted octanol–water partition coefficient (Wildman–Crippen LogP) is 4.59. The maximum absolute atomic E-state index is 3.91. The second-order valence-electron chi connectivity index (χ2n) is 3.44. The van der Waals surface area contributed by atoms with Crippen LogP contribution in [0, 0.1) is 0 Å². The van der Waals surface area contributed by atoms with Crippen LogP contribution in [-0.4, -0.2) is 0 Å². The highest BCUT2D eigenvalue weighted by atomic mass is 14.0. The van der Waals surface area contributed by atoms with Crippen molar-refractivity contribution in [3.63, 3.8) is 0 Å². The minimum absolute atomic E-state index is 1.10. The third kappa shape index (κ3) is 4.08. The van der Waals surface area contributed by atoms with Gasteiger partial charge >= 0.3 is 0 Å². The Morgan fingerprint density at radius 3 is 2.00 bits per heavy atom. The van der Waals surface area contributed by atoms with Crippen LogP contribution in [0.3, 0.4) is 0 Å². The number of rotatable bonds is 4. The molecule has 0 aliphatic carbocycles. The molecule has 0 aliphatic rings. The van der Waals surface area contributed by atoms with Gasteiger partial charge in [0.15, 0.2) is 0 Å². The maximum Gasteiger partial charge on any atom is -0.0228 e. The summed E-state index contributed by atoms with van der Waals surface area (Å²) in [5.41, 5.74) is 4.76. The minimum atomic E-state index is 1.10. The van der Waals surface area contributed by atoms with E-state index in [1.807, 2.05) is 26.0 Å². The van der Waals surface area contributed by atoms with E-state index >= 15 is 0 Å². The summed E-state index contributed by atoms with van der Waals surface area (Å²) in [5, 5.41) is 0. The Bertz CT molecular complexity index is 309. The van der Waals surface area contributed by atoms with Crippen LogP contribution in [-0.2, 0) is 0 Å². The molecule has 76 valence electrons. The summed E-state index contributed by atoms with van der Waals surface area (Å²) < 4.78 is 0. The molecule has 0 aliphatic heterocycles.